The summed E-state index contributed by atoms with van der Waals surface area (Å²) in [6, 6.07) is 23.6. The van der Waals surface area contributed by atoms with E-state index in [2.05, 4.69) is 49.4 Å². The molecule has 0 aliphatic carbocycles. The Morgan fingerprint density at radius 1 is 0.698 bits per heavy atom. The molecule has 2 saturated heterocycles. The number of benzene rings is 2. The third kappa shape index (κ3) is 12.7. The van der Waals surface area contributed by atoms with Gasteiger partial charge in [0.1, 0.15) is 0 Å². The lowest BCUT2D eigenvalue weighted by molar-refractivity contribution is -0.136. The Morgan fingerprint density at radius 2 is 1.19 bits per heavy atom. The molecule has 0 bridgehead atoms. The average molecular weight is 766 g/mol. The molecule has 2 aromatic carbocycles. The Kier molecular flexibility index (Phi) is 15.4. The van der Waals surface area contributed by atoms with Gasteiger partial charge in [-0.3, -0.25) is 9.59 Å². The summed E-state index contributed by atoms with van der Waals surface area (Å²) in [6.07, 6.45) is 0.523. The van der Waals surface area contributed by atoms with E-state index in [1.54, 1.807) is 12.1 Å². The van der Waals surface area contributed by atoms with Crippen LogP contribution in [-0.4, -0.2) is 122 Å². The van der Waals surface area contributed by atoms with Crippen LogP contribution in [0.25, 0.3) is 0 Å². The fourth-order valence-corrected chi connectivity index (χ4v) is 6.12. The first kappa shape index (κ1) is 41.0. The Hall–Kier alpha value is -4.72. The molecule has 4 heterocycles. The molecule has 284 valence electrons. The van der Waals surface area contributed by atoms with Crippen LogP contribution in [0.15, 0.2) is 72.8 Å². The lowest BCUT2D eigenvalue weighted by Gasteiger charge is -2.40. The van der Waals surface area contributed by atoms with Crippen LogP contribution in [0.5, 0.6) is 0 Å². The summed E-state index contributed by atoms with van der Waals surface area (Å²) < 4.78 is 0. The van der Waals surface area contributed by atoms with Gasteiger partial charge in [0.15, 0.2) is 21.9 Å². The lowest BCUT2D eigenvalue weighted by atomic mass is 10.1. The van der Waals surface area contributed by atoms with E-state index in [1.807, 2.05) is 104 Å². The maximum atomic E-state index is 12.7. The van der Waals surface area contributed by atoms with E-state index in [4.69, 9.17) is 28.3 Å². The second kappa shape index (κ2) is 19.9. The fraction of sp³-hybridized carbons (Fsp3) is 0.421. The van der Waals surface area contributed by atoms with Crippen LogP contribution in [-0.2, 0) is 22.4 Å². The van der Waals surface area contributed by atoms with Crippen molar-refractivity contribution in [1.82, 2.24) is 30.6 Å². The summed E-state index contributed by atoms with van der Waals surface area (Å²) >= 11 is 11.5. The minimum atomic E-state index is -0.794. The van der Waals surface area contributed by atoms with Crippen molar-refractivity contribution in [1.29, 1.82) is 0 Å². The van der Waals surface area contributed by atoms with Crippen molar-refractivity contribution in [3.63, 3.8) is 0 Å². The maximum Gasteiger partial charge on any atom is 0.307 e. The van der Waals surface area contributed by atoms with Crippen LogP contribution in [0, 0.1) is 0 Å². The van der Waals surface area contributed by atoms with Crippen molar-refractivity contribution in [3.8, 4) is 0 Å². The highest BCUT2D eigenvalue weighted by molar-refractivity contribution is 6.29. The predicted octanol–water partition coefficient (Wildman–Crippen LogP) is 4.78. The zero-order valence-electron chi connectivity index (χ0n) is 31.3. The van der Waals surface area contributed by atoms with Crippen LogP contribution < -0.4 is 24.9 Å². The summed E-state index contributed by atoms with van der Waals surface area (Å²) in [4.78, 5) is 33.4. The largest absolute Gasteiger partial charge is 0.481 e. The zero-order chi connectivity index (χ0) is 38.5. The Morgan fingerprint density at radius 3 is 1.60 bits per heavy atom. The molecule has 2 atom stereocenters. The molecular weight excluding hydrogens is 715 g/mol. The monoisotopic (exact) mass is 764 g/mol. The number of carbonyl (C=O) groups is 2. The van der Waals surface area contributed by atoms with Gasteiger partial charge >= 0.3 is 5.97 Å². The van der Waals surface area contributed by atoms with Crippen LogP contribution in [0.1, 0.15) is 25.0 Å². The van der Waals surface area contributed by atoms with E-state index in [0.717, 1.165) is 60.3 Å². The van der Waals surface area contributed by atoms with Gasteiger partial charge in [-0.1, -0.05) is 47.5 Å². The van der Waals surface area contributed by atoms with Gasteiger partial charge in [-0.2, -0.15) is 0 Å². The molecule has 2 aliphatic heterocycles. The first-order valence-electron chi connectivity index (χ1n) is 17.5. The molecule has 15 heteroatoms. The molecule has 13 nitrogen and oxygen atoms in total. The van der Waals surface area contributed by atoms with Gasteiger partial charge in [-0.15, -0.1) is 20.4 Å². The molecule has 0 spiro atoms. The summed E-state index contributed by atoms with van der Waals surface area (Å²) in [5.74, 6) is 1.07. The highest BCUT2D eigenvalue weighted by atomic mass is 35.5. The number of aliphatic carboxylic acids is 1. The van der Waals surface area contributed by atoms with Crippen molar-refractivity contribution in [2.75, 3.05) is 87.1 Å². The summed E-state index contributed by atoms with van der Waals surface area (Å²) in [7, 11) is 7.91. The second-order valence-electron chi connectivity index (χ2n) is 13.4. The Bertz CT molecular complexity index is 1730. The molecule has 2 N–H and O–H groups in total. The summed E-state index contributed by atoms with van der Waals surface area (Å²) in [6.45, 7) is 9.32. The van der Waals surface area contributed by atoms with Gasteiger partial charge in [0.05, 0.1) is 12.8 Å². The fourth-order valence-electron chi connectivity index (χ4n) is 5.92. The van der Waals surface area contributed by atoms with Gasteiger partial charge in [0, 0.05) is 90.9 Å². The topological polar surface area (TPSA) is 134 Å². The number of aromatic nitrogens is 4. The lowest BCUT2D eigenvalue weighted by Crippen LogP contribution is -2.54. The molecule has 53 heavy (non-hydrogen) atoms. The van der Waals surface area contributed by atoms with Gasteiger partial charge < -0.3 is 34.9 Å². The van der Waals surface area contributed by atoms with Crippen LogP contribution in [0.3, 0.4) is 0 Å². The molecular formula is C38H50Cl2N10O3. The third-order valence-corrected chi connectivity index (χ3v) is 9.33. The molecule has 1 amide bonds. The van der Waals surface area contributed by atoms with E-state index < -0.39 is 5.97 Å². The number of rotatable bonds is 8. The van der Waals surface area contributed by atoms with Gasteiger partial charge in [0.25, 0.3) is 0 Å². The number of carboxylic acid groups (broad SMARTS) is 1. The first-order valence-corrected chi connectivity index (χ1v) is 18.3. The number of nitrogens with zero attached hydrogens (tertiary/aromatic N) is 9. The highest BCUT2D eigenvalue weighted by Gasteiger charge is 2.28. The number of amides is 1. The Labute approximate surface area is 322 Å². The van der Waals surface area contributed by atoms with Crippen molar-refractivity contribution in [2.24, 2.45) is 0 Å². The van der Waals surface area contributed by atoms with E-state index in [0.29, 0.717) is 35.9 Å². The minimum Gasteiger partial charge on any atom is -0.481 e. The first-order chi connectivity index (χ1) is 25.3. The van der Waals surface area contributed by atoms with E-state index in [-0.39, 0.29) is 18.4 Å². The third-order valence-electron chi connectivity index (χ3n) is 8.92. The van der Waals surface area contributed by atoms with E-state index >= 15 is 0 Å². The quantitative estimate of drug-likeness (QED) is 0.256. The van der Waals surface area contributed by atoms with E-state index in [9.17, 15) is 9.59 Å². The van der Waals surface area contributed by atoms with Crippen LogP contribution in [0.4, 0.5) is 23.0 Å². The number of hydrogen-bond donors (Lipinski definition) is 2. The molecule has 0 unspecified atom stereocenters. The number of hydrogen-bond acceptors (Lipinski definition) is 11. The molecule has 2 fully saturated rings. The number of anilines is 4. The molecule has 2 aliphatic rings. The zero-order valence-corrected chi connectivity index (χ0v) is 32.8. The number of carbonyl (C=O) groups excluding carboxylic acids is 1. The molecule has 4 aromatic rings. The smallest absolute Gasteiger partial charge is 0.307 e. The predicted molar refractivity (Wildman–Crippen MR) is 214 cm³/mol. The van der Waals surface area contributed by atoms with Crippen LogP contribution in [0.2, 0.25) is 10.3 Å². The van der Waals surface area contributed by atoms with Crippen molar-refractivity contribution >= 4 is 58.1 Å². The maximum absolute atomic E-state index is 12.7. The molecule has 6 rings (SSSR count). The molecule has 2 aromatic heterocycles. The SMILES string of the molecule is CN(C)c1ccc(CC(=O)O)cc1.C[C@@H]1CN(C(=O)Cc2ccc(N(C)C)cc2)CCN1c1ccc(Cl)nn1.C[C@@H]1CNCCN1c1ccc(Cl)nn1. The van der Waals surface area contributed by atoms with Crippen molar-refractivity contribution < 1.29 is 14.7 Å². The van der Waals surface area contributed by atoms with Crippen molar-refractivity contribution in [3.05, 3.63) is 94.2 Å². The Balaban J connectivity index is 0.000000196. The number of halogens is 2. The van der Waals surface area contributed by atoms with E-state index in [1.165, 1.54) is 0 Å². The van der Waals surface area contributed by atoms with Gasteiger partial charge in [-0.25, -0.2) is 0 Å². The number of piperazine rings is 2. The number of carboxylic acids is 1. The van der Waals surface area contributed by atoms with Crippen LogP contribution >= 0.6 is 23.2 Å². The highest BCUT2D eigenvalue weighted by Crippen LogP contribution is 2.20. The molecule has 0 saturated carbocycles. The second-order valence-corrected chi connectivity index (χ2v) is 14.2. The normalized spacial score (nSPS) is 16.8. The summed E-state index contributed by atoms with van der Waals surface area (Å²) in [5.41, 5.74) is 4.08. The minimum absolute atomic E-state index is 0.0910. The van der Waals surface area contributed by atoms with Gasteiger partial charge in [-0.05, 0) is 73.5 Å². The number of nitrogens with one attached hydrogen (secondary N) is 1. The van der Waals surface area contributed by atoms with Gasteiger partial charge in [0.2, 0.25) is 5.91 Å². The standard InChI is InChI=1S/C19H24ClN5O.C10H13NO2.C9H13ClN4/c1-14-13-24(10-11-25(14)18-9-8-17(20)21-22-18)19(26)12-15-4-6-16(7-5-15)23(2)3;1-11(2)9-5-3-8(4-6-9)7-10(12)13;1-7-6-11-4-5-14(7)9-3-2-8(10)12-13-9/h4-9,14H,10-13H2,1-3H3;3-6H,7H2,1-2H3,(H,12,13);2-3,7,11H,4-6H2,1H3/t14-;;7-/m1.1/s1. The van der Waals surface area contributed by atoms with Crippen molar-refractivity contribution in [2.45, 2.75) is 38.8 Å². The summed E-state index contributed by atoms with van der Waals surface area (Å²) in [5, 5.41) is 28.7. The average Bonchev–Trinajstić information content (AvgIpc) is 3.13. The molecule has 0 radical (unpaired) electrons.